The number of nitro groups is 1. The van der Waals surface area contributed by atoms with E-state index in [4.69, 9.17) is 0 Å². The number of rotatable bonds is 4. The van der Waals surface area contributed by atoms with E-state index in [9.17, 15) is 23.6 Å². The molecule has 0 aromatic heterocycles. The van der Waals surface area contributed by atoms with Gasteiger partial charge in [-0.2, -0.15) is 0 Å². The summed E-state index contributed by atoms with van der Waals surface area (Å²) in [6.45, 7) is 1.61. The van der Waals surface area contributed by atoms with Crippen molar-refractivity contribution < 1.29 is 18.4 Å². The molecule has 2 aromatic rings. The molecule has 7 nitrogen and oxygen atoms in total. The average Bonchev–Trinajstić information content (AvgIpc) is 2.44. The number of para-hydroxylation sites is 2. The largest absolute Gasteiger partial charge is 0.505 e. The number of nitrogens with zero attached hydrogens (tertiary/aromatic N) is 1. The van der Waals surface area contributed by atoms with Gasteiger partial charge in [-0.3, -0.25) is 14.8 Å². The zero-order chi connectivity index (χ0) is 15.6. The first-order valence-corrected chi connectivity index (χ1v) is 7.36. The molecule has 2 aromatic carbocycles. The smallest absolute Gasteiger partial charge is 0.289 e. The van der Waals surface area contributed by atoms with E-state index in [0.717, 1.165) is 12.1 Å². The monoisotopic (exact) mass is 308 g/mol. The lowest BCUT2D eigenvalue weighted by Gasteiger charge is -2.11. The first-order chi connectivity index (χ1) is 9.83. The third-order valence-electron chi connectivity index (χ3n) is 2.83. The SMILES string of the molecule is Cc1cccc(NS(=O)(=O)c2ccccc2[N+](=O)[O-])c1O. The average molecular weight is 308 g/mol. The van der Waals surface area contributed by atoms with Crippen LogP contribution in [0.1, 0.15) is 5.56 Å². The molecule has 110 valence electrons. The van der Waals surface area contributed by atoms with Gasteiger partial charge in [-0.1, -0.05) is 24.3 Å². The second-order valence-electron chi connectivity index (χ2n) is 4.30. The molecular formula is C13H12N2O5S. The summed E-state index contributed by atoms with van der Waals surface area (Å²) in [5.41, 5.74) is -0.0805. The predicted molar refractivity (Wildman–Crippen MR) is 76.7 cm³/mol. The molecule has 0 bridgehead atoms. The van der Waals surface area contributed by atoms with Gasteiger partial charge in [0.1, 0.15) is 5.75 Å². The van der Waals surface area contributed by atoms with Gasteiger partial charge in [-0.15, -0.1) is 0 Å². The van der Waals surface area contributed by atoms with Gasteiger partial charge in [0.2, 0.25) is 0 Å². The second kappa shape index (κ2) is 5.41. The van der Waals surface area contributed by atoms with E-state index in [1.807, 2.05) is 0 Å². The fraction of sp³-hybridized carbons (Fsp3) is 0.0769. The van der Waals surface area contributed by atoms with Crippen molar-refractivity contribution in [2.24, 2.45) is 0 Å². The summed E-state index contributed by atoms with van der Waals surface area (Å²) in [5, 5.41) is 20.7. The van der Waals surface area contributed by atoms with E-state index in [1.54, 1.807) is 19.1 Å². The van der Waals surface area contributed by atoms with Gasteiger partial charge in [0.25, 0.3) is 15.7 Å². The van der Waals surface area contributed by atoms with Gasteiger partial charge in [0.15, 0.2) is 4.90 Å². The maximum absolute atomic E-state index is 12.3. The highest BCUT2D eigenvalue weighted by Gasteiger charge is 2.25. The number of hydrogen-bond acceptors (Lipinski definition) is 5. The molecule has 0 saturated heterocycles. The summed E-state index contributed by atoms with van der Waals surface area (Å²) in [4.78, 5) is 9.67. The first-order valence-electron chi connectivity index (χ1n) is 5.88. The van der Waals surface area contributed by atoms with Gasteiger partial charge in [0, 0.05) is 6.07 Å². The summed E-state index contributed by atoms with van der Waals surface area (Å²) >= 11 is 0. The molecule has 0 spiro atoms. The van der Waals surface area contributed by atoms with Crippen LogP contribution in [0.25, 0.3) is 0 Å². The molecule has 0 amide bonds. The molecule has 0 aliphatic carbocycles. The predicted octanol–water partition coefficient (Wildman–Crippen LogP) is 2.41. The lowest BCUT2D eigenvalue weighted by Crippen LogP contribution is -2.14. The number of nitro benzene ring substituents is 1. The molecule has 0 atom stereocenters. The van der Waals surface area contributed by atoms with Crippen LogP contribution in [0.5, 0.6) is 5.75 Å². The van der Waals surface area contributed by atoms with E-state index in [2.05, 4.69) is 4.72 Å². The summed E-state index contributed by atoms with van der Waals surface area (Å²) in [6, 6.07) is 9.54. The fourth-order valence-corrected chi connectivity index (χ4v) is 3.02. The number of benzene rings is 2. The number of phenolic OH excluding ortho intramolecular Hbond substituents is 1. The summed E-state index contributed by atoms with van der Waals surface area (Å²) in [6.07, 6.45) is 0. The van der Waals surface area contributed by atoms with Crippen molar-refractivity contribution in [2.75, 3.05) is 4.72 Å². The Morgan fingerprint density at radius 2 is 1.81 bits per heavy atom. The topological polar surface area (TPSA) is 110 Å². The van der Waals surface area contributed by atoms with Gasteiger partial charge < -0.3 is 5.11 Å². The van der Waals surface area contributed by atoms with Crippen LogP contribution in [0.3, 0.4) is 0 Å². The van der Waals surface area contributed by atoms with E-state index in [1.165, 1.54) is 18.2 Å². The molecule has 0 aliphatic rings. The highest BCUT2D eigenvalue weighted by atomic mass is 32.2. The Morgan fingerprint density at radius 3 is 2.48 bits per heavy atom. The van der Waals surface area contributed by atoms with Crippen LogP contribution in [0.2, 0.25) is 0 Å². The Balaban J connectivity index is 2.49. The van der Waals surface area contributed by atoms with Crippen molar-refractivity contribution in [1.82, 2.24) is 0 Å². The molecular weight excluding hydrogens is 296 g/mol. The molecule has 2 rings (SSSR count). The normalized spacial score (nSPS) is 11.1. The summed E-state index contributed by atoms with van der Waals surface area (Å²) < 4.78 is 26.7. The number of sulfonamides is 1. The Kier molecular flexibility index (Phi) is 3.81. The highest BCUT2D eigenvalue weighted by molar-refractivity contribution is 7.92. The van der Waals surface area contributed by atoms with Crippen LogP contribution < -0.4 is 4.72 Å². The number of nitrogens with one attached hydrogen (secondary N) is 1. The molecule has 0 radical (unpaired) electrons. The van der Waals surface area contributed by atoms with Crippen molar-refractivity contribution in [2.45, 2.75) is 11.8 Å². The van der Waals surface area contributed by atoms with Crippen LogP contribution in [0.15, 0.2) is 47.4 Å². The quantitative estimate of drug-likeness (QED) is 0.512. The minimum Gasteiger partial charge on any atom is -0.505 e. The Morgan fingerprint density at radius 1 is 1.14 bits per heavy atom. The van der Waals surface area contributed by atoms with Crippen LogP contribution in [0.4, 0.5) is 11.4 Å². The fourth-order valence-electron chi connectivity index (χ4n) is 1.78. The van der Waals surface area contributed by atoms with Gasteiger partial charge in [0.05, 0.1) is 10.6 Å². The maximum Gasteiger partial charge on any atom is 0.289 e. The van der Waals surface area contributed by atoms with E-state index in [0.29, 0.717) is 5.56 Å². The second-order valence-corrected chi connectivity index (χ2v) is 5.95. The van der Waals surface area contributed by atoms with Gasteiger partial charge in [-0.25, -0.2) is 8.42 Å². The summed E-state index contributed by atoms with van der Waals surface area (Å²) in [5.74, 6) is -0.223. The molecule has 0 unspecified atom stereocenters. The number of phenols is 1. The lowest BCUT2D eigenvalue weighted by molar-refractivity contribution is -0.387. The molecule has 0 saturated carbocycles. The Bertz CT molecular complexity index is 802. The van der Waals surface area contributed by atoms with E-state index < -0.39 is 25.5 Å². The molecule has 2 N–H and O–H groups in total. The molecule has 21 heavy (non-hydrogen) atoms. The van der Waals surface area contributed by atoms with Crippen LogP contribution in [0, 0.1) is 17.0 Å². The first kappa shape index (κ1) is 14.8. The van der Waals surface area contributed by atoms with Crippen molar-refractivity contribution >= 4 is 21.4 Å². The van der Waals surface area contributed by atoms with Crippen molar-refractivity contribution in [3.63, 3.8) is 0 Å². The minimum atomic E-state index is -4.18. The number of hydrogen-bond donors (Lipinski definition) is 2. The minimum absolute atomic E-state index is 0.0341. The van der Waals surface area contributed by atoms with E-state index >= 15 is 0 Å². The van der Waals surface area contributed by atoms with Gasteiger partial charge >= 0.3 is 0 Å². The van der Waals surface area contributed by atoms with Crippen molar-refractivity contribution in [1.29, 1.82) is 0 Å². The molecule has 8 heteroatoms. The number of aromatic hydroxyl groups is 1. The Labute approximate surface area is 121 Å². The number of aryl methyl sites for hydroxylation is 1. The van der Waals surface area contributed by atoms with Gasteiger partial charge in [-0.05, 0) is 24.6 Å². The van der Waals surface area contributed by atoms with Crippen molar-refractivity contribution in [3.8, 4) is 5.75 Å². The van der Waals surface area contributed by atoms with E-state index in [-0.39, 0.29) is 11.4 Å². The zero-order valence-corrected chi connectivity index (χ0v) is 11.8. The zero-order valence-electron chi connectivity index (χ0n) is 11.0. The molecule has 0 fully saturated rings. The third-order valence-corrected chi connectivity index (χ3v) is 4.25. The standard InChI is InChI=1S/C13H12N2O5S/c1-9-5-4-6-10(13(9)16)14-21(19,20)12-8-3-2-7-11(12)15(17)18/h2-8,14,16H,1H3. The summed E-state index contributed by atoms with van der Waals surface area (Å²) in [7, 11) is -4.18. The van der Waals surface area contributed by atoms with Crippen LogP contribution >= 0.6 is 0 Å². The molecule has 0 aliphatic heterocycles. The maximum atomic E-state index is 12.3. The third kappa shape index (κ3) is 2.95. The van der Waals surface area contributed by atoms with Crippen LogP contribution in [-0.2, 0) is 10.0 Å². The van der Waals surface area contributed by atoms with Crippen molar-refractivity contribution in [3.05, 3.63) is 58.1 Å². The Hall–Kier alpha value is -2.61. The lowest BCUT2D eigenvalue weighted by atomic mass is 10.2. The molecule has 0 heterocycles. The number of anilines is 1. The van der Waals surface area contributed by atoms with Crippen LogP contribution in [-0.4, -0.2) is 18.4 Å². The highest BCUT2D eigenvalue weighted by Crippen LogP contribution is 2.31.